The van der Waals surface area contributed by atoms with Gasteiger partial charge in [0, 0.05) is 46.7 Å². The van der Waals surface area contributed by atoms with Crippen LogP contribution in [0.15, 0.2) is 73.3 Å². The van der Waals surface area contributed by atoms with Crippen LogP contribution in [0.2, 0.25) is 0 Å². The third-order valence-electron chi connectivity index (χ3n) is 4.89. The summed E-state index contributed by atoms with van der Waals surface area (Å²) in [5, 5.41) is 2.01. The number of ether oxygens (including phenoxy) is 2. The van der Waals surface area contributed by atoms with Crippen molar-refractivity contribution in [2.45, 2.75) is 0 Å². The highest BCUT2D eigenvalue weighted by molar-refractivity contribution is 5.99. The molecule has 4 rings (SSSR count). The molecule has 0 N–H and O–H groups in total. The molecule has 0 atom stereocenters. The summed E-state index contributed by atoms with van der Waals surface area (Å²) in [5.74, 6) is 1.64. The molecule has 0 bridgehead atoms. The normalized spacial score (nSPS) is 11.4. The fourth-order valence-corrected chi connectivity index (χ4v) is 3.42. The third-order valence-corrected chi connectivity index (χ3v) is 4.89. The summed E-state index contributed by atoms with van der Waals surface area (Å²) in [4.78, 5) is 8.11. The van der Waals surface area contributed by atoms with Gasteiger partial charge in [-0.25, -0.2) is 0 Å². The summed E-state index contributed by atoms with van der Waals surface area (Å²) >= 11 is 0. The molecular weight excluding hydrogens is 372 g/mol. The maximum Gasteiger partial charge on any atom is 0.134 e. The zero-order chi connectivity index (χ0) is 20.8. The first-order valence-corrected chi connectivity index (χ1v) is 9.64. The van der Waals surface area contributed by atoms with E-state index in [2.05, 4.69) is 58.5 Å². The van der Waals surface area contributed by atoms with Gasteiger partial charge >= 0.3 is 0 Å². The highest BCUT2D eigenvalue weighted by Crippen LogP contribution is 2.38. The Hall–Kier alpha value is -3.92. The number of rotatable bonds is 6. The Kier molecular flexibility index (Phi) is 5.85. The van der Waals surface area contributed by atoms with E-state index in [1.54, 1.807) is 39.0 Å². The smallest absolute Gasteiger partial charge is 0.134 e. The van der Waals surface area contributed by atoms with E-state index in [-0.39, 0.29) is 0 Å². The van der Waals surface area contributed by atoms with Crippen molar-refractivity contribution in [3.63, 3.8) is 0 Å². The number of hydrogen-bond donors (Lipinski definition) is 0. The fourth-order valence-electron chi connectivity index (χ4n) is 3.42. The molecule has 2 heterocycles. The second-order valence-electron chi connectivity index (χ2n) is 6.70. The van der Waals surface area contributed by atoms with Crippen molar-refractivity contribution in [1.29, 1.82) is 0 Å². The molecule has 30 heavy (non-hydrogen) atoms. The minimum Gasteiger partial charge on any atom is -0.495 e. The van der Waals surface area contributed by atoms with Gasteiger partial charge in [0.05, 0.1) is 14.2 Å². The number of aromatic nitrogens is 2. The average Bonchev–Trinajstić information content (AvgIpc) is 2.81. The molecule has 2 aromatic carbocycles. The molecular formula is C26H22N2O2. The van der Waals surface area contributed by atoms with Gasteiger partial charge in [0.1, 0.15) is 11.5 Å². The molecule has 0 aliphatic rings. The van der Waals surface area contributed by atoms with Crippen molar-refractivity contribution in [2.75, 3.05) is 14.2 Å². The van der Waals surface area contributed by atoms with Crippen LogP contribution in [-0.4, -0.2) is 24.2 Å². The zero-order valence-electron chi connectivity index (χ0n) is 16.9. The van der Waals surface area contributed by atoms with Crippen molar-refractivity contribution in [3.8, 4) is 11.5 Å². The minimum atomic E-state index is 0.820. The van der Waals surface area contributed by atoms with Crippen molar-refractivity contribution < 1.29 is 9.47 Å². The van der Waals surface area contributed by atoms with Crippen molar-refractivity contribution in [2.24, 2.45) is 0 Å². The van der Waals surface area contributed by atoms with Gasteiger partial charge in [-0.3, -0.25) is 9.97 Å². The van der Waals surface area contributed by atoms with Crippen molar-refractivity contribution >= 4 is 35.1 Å². The van der Waals surface area contributed by atoms with Crippen LogP contribution in [0.4, 0.5) is 0 Å². The molecule has 4 heteroatoms. The van der Waals surface area contributed by atoms with Crippen LogP contribution in [0.3, 0.4) is 0 Å². The lowest BCUT2D eigenvalue weighted by Gasteiger charge is -2.14. The number of hydrogen-bond acceptors (Lipinski definition) is 4. The molecule has 4 aromatic rings. The van der Waals surface area contributed by atoms with Crippen LogP contribution in [-0.2, 0) is 0 Å². The van der Waals surface area contributed by atoms with Crippen LogP contribution in [0.5, 0.6) is 11.5 Å². The number of nitrogens with zero attached hydrogens (tertiary/aromatic N) is 2. The number of methoxy groups -OCH3 is 2. The summed E-state index contributed by atoms with van der Waals surface area (Å²) in [5.41, 5.74) is 4.18. The van der Waals surface area contributed by atoms with Crippen LogP contribution in [0.1, 0.15) is 22.3 Å². The van der Waals surface area contributed by atoms with Crippen LogP contribution >= 0.6 is 0 Å². The molecule has 2 aromatic heterocycles. The molecule has 4 nitrogen and oxygen atoms in total. The molecule has 0 spiro atoms. The SMILES string of the molecule is COc1c(/C=C/c2ccncc2)ccc2c(OC)c(/C=C/c3ccncc3)ccc12. The Bertz CT molecular complexity index is 1100. The Morgan fingerprint density at radius 2 is 0.933 bits per heavy atom. The number of fused-ring (bicyclic) bond motifs is 1. The first-order valence-electron chi connectivity index (χ1n) is 9.64. The van der Waals surface area contributed by atoms with E-state index in [9.17, 15) is 0 Å². The van der Waals surface area contributed by atoms with E-state index >= 15 is 0 Å². The molecule has 0 radical (unpaired) electrons. The Balaban J connectivity index is 1.75. The standard InChI is InChI=1S/C26H22N2O2/c1-29-25-21(5-3-19-11-15-27-16-12-19)7-10-24-23(25)9-8-22(26(24)30-2)6-4-20-13-17-28-18-14-20/h3-18H,1-2H3/b5-3+,6-4+. The lowest BCUT2D eigenvalue weighted by molar-refractivity contribution is 0.414. The van der Waals surface area contributed by atoms with E-state index < -0.39 is 0 Å². The molecule has 0 amide bonds. The summed E-state index contributed by atoms with van der Waals surface area (Å²) in [6.07, 6.45) is 15.3. The lowest BCUT2D eigenvalue weighted by Crippen LogP contribution is -1.93. The van der Waals surface area contributed by atoms with Gasteiger partial charge in [0.25, 0.3) is 0 Å². The average molecular weight is 394 g/mol. The molecule has 0 aliphatic carbocycles. The van der Waals surface area contributed by atoms with Crippen molar-refractivity contribution in [3.05, 3.63) is 95.6 Å². The maximum atomic E-state index is 5.77. The summed E-state index contributed by atoms with van der Waals surface area (Å²) in [7, 11) is 3.39. The third kappa shape index (κ3) is 4.08. The van der Waals surface area contributed by atoms with E-state index in [0.717, 1.165) is 44.5 Å². The summed E-state index contributed by atoms with van der Waals surface area (Å²) in [6, 6.07) is 16.1. The largest absolute Gasteiger partial charge is 0.495 e. The predicted octanol–water partition coefficient (Wildman–Crippen LogP) is 5.99. The quantitative estimate of drug-likeness (QED) is 0.403. The number of pyridine rings is 2. The lowest BCUT2D eigenvalue weighted by atomic mass is 10.00. The van der Waals surface area contributed by atoms with E-state index in [1.165, 1.54) is 0 Å². The van der Waals surface area contributed by atoms with Gasteiger partial charge in [-0.05, 0) is 47.5 Å². The first-order chi connectivity index (χ1) is 14.8. The zero-order valence-corrected chi connectivity index (χ0v) is 16.9. The van der Waals surface area contributed by atoms with Gasteiger partial charge in [0.2, 0.25) is 0 Å². The molecule has 148 valence electrons. The van der Waals surface area contributed by atoms with Crippen LogP contribution in [0.25, 0.3) is 35.1 Å². The predicted molar refractivity (Wildman–Crippen MR) is 123 cm³/mol. The molecule has 0 unspecified atom stereocenters. The van der Waals surface area contributed by atoms with Gasteiger partial charge in [-0.15, -0.1) is 0 Å². The van der Waals surface area contributed by atoms with Crippen LogP contribution in [0, 0.1) is 0 Å². The van der Waals surface area contributed by atoms with Gasteiger partial charge < -0.3 is 9.47 Å². The topological polar surface area (TPSA) is 44.2 Å². The van der Waals surface area contributed by atoms with Crippen molar-refractivity contribution in [1.82, 2.24) is 9.97 Å². The molecule has 0 fully saturated rings. The van der Waals surface area contributed by atoms with Gasteiger partial charge in [-0.2, -0.15) is 0 Å². The van der Waals surface area contributed by atoms with E-state index in [0.29, 0.717) is 0 Å². The Morgan fingerprint density at radius 1 is 0.533 bits per heavy atom. The van der Waals surface area contributed by atoms with E-state index in [4.69, 9.17) is 9.47 Å². The second kappa shape index (κ2) is 9.05. The second-order valence-corrected chi connectivity index (χ2v) is 6.70. The number of benzene rings is 2. The molecule has 0 saturated carbocycles. The monoisotopic (exact) mass is 394 g/mol. The minimum absolute atomic E-state index is 0.820. The molecule has 0 saturated heterocycles. The summed E-state index contributed by atoms with van der Waals surface area (Å²) in [6.45, 7) is 0. The Morgan fingerprint density at radius 3 is 1.30 bits per heavy atom. The highest BCUT2D eigenvalue weighted by Gasteiger charge is 2.12. The summed E-state index contributed by atoms with van der Waals surface area (Å²) < 4.78 is 11.5. The van der Waals surface area contributed by atoms with Crippen LogP contribution < -0.4 is 9.47 Å². The Labute approximate surface area is 176 Å². The first kappa shape index (κ1) is 19.4. The highest BCUT2D eigenvalue weighted by atomic mass is 16.5. The maximum absolute atomic E-state index is 5.77. The molecule has 0 aliphatic heterocycles. The van der Waals surface area contributed by atoms with E-state index in [1.807, 2.05) is 24.3 Å². The van der Waals surface area contributed by atoms with Gasteiger partial charge in [0.15, 0.2) is 0 Å². The van der Waals surface area contributed by atoms with Gasteiger partial charge in [-0.1, -0.05) is 36.4 Å². The fraction of sp³-hybridized carbons (Fsp3) is 0.0769.